The van der Waals surface area contributed by atoms with Crippen LogP contribution in [0.2, 0.25) is 0 Å². The maximum absolute atomic E-state index is 4.57. The standard InChI is InChI=1S/2C7H9.CH2.2ClH.Ti/c2*1-2-7-5-3-4-6-7;;;;/h2*3,5H,2,4H2,1H3;1H2;2*1H;/q;;;;;+2/p-2. The van der Waals surface area contributed by atoms with Gasteiger partial charge in [-0.1, -0.05) is 0 Å². The van der Waals surface area contributed by atoms with Gasteiger partial charge in [-0.25, -0.2) is 0 Å². The van der Waals surface area contributed by atoms with Crippen molar-refractivity contribution < 1.29 is 42.2 Å². The molecule has 0 nitrogen and oxygen atoms in total. The van der Waals surface area contributed by atoms with Crippen LogP contribution < -0.4 is 24.8 Å². The minimum atomic E-state index is -1.37. The van der Waals surface area contributed by atoms with E-state index >= 15 is 0 Å². The Morgan fingerprint density at radius 3 is 1.67 bits per heavy atom. The molecule has 0 spiro atoms. The summed E-state index contributed by atoms with van der Waals surface area (Å²) in [5.41, 5.74) is 3.17. The molecule has 0 amide bonds. The van der Waals surface area contributed by atoms with Crippen LogP contribution in [0.5, 0.6) is 0 Å². The maximum atomic E-state index is 4.57. The van der Waals surface area contributed by atoms with Crippen LogP contribution in [0, 0.1) is 0 Å². The largest absolute Gasteiger partial charge is 1.00 e. The SMILES string of the molecule is [CH2]=[Ti+2]([C]1=C(CC)C=CC1)[C]1=C(CC)C=CC1.[Cl-].[Cl-]. The van der Waals surface area contributed by atoms with E-state index in [2.05, 4.69) is 43.0 Å². The number of rotatable bonds is 4. The van der Waals surface area contributed by atoms with Crippen molar-refractivity contribution in [3.63, 3.8) is 0 Å². The molecular formula is C15H20Cl2Ti. The molecule has 0 unspecified atom stereocenters. The zero-order chi connectivity index (χ0) is 11.5. The van der Waals surface area contributed by atoms with E-state index in [1.807, 2.05) is 0 Å². The predicted molar refractivity (Wildman–Crippen MR) is 69.3 cm³/mol. The molecule has 0 aliphatic heterocycles. The van der Waals surface area contributed by atoms with Crippen LogP contribution in [0.25, 0.3) is 0 Å². The fourth-order valence-corrected chi connectivity index (χ4v) is 6.31. The molecule has 2 rings (SSSR count). The minimum Gasteiger partial charge on any atom is -1.00 e. The summed E-state index contributed by atoms with van der Waals surface area (Å²) in [4.78, 5) is 4.57. The molecule has 2 aliphatic rings. The van der Waals surface area contributed by atoms with Gasteiger partial charge in [0.15, 0.2) is 0 Å². The summed E-state index contributed by atoms with van der Waals surface area (Å²) in [5, 5.41) is 0. The van der Waals surface area contributed by atoms with Crippen LogP contribution in [-0.2, 0) is 17.4 Å². The van der Waals surface area contributed by atoms with Gasteiger partial charge in [-0.2, -0.15) is 0 Å². The second kappa shape index (κ2) is 8.33. The van der Waals surface area contributed by atoms with E-state index in [0.29, 0.717) is 0 Å². The summed E-state index contributed by atoms with van der Waals surface area (Å²) in [5.74, 6) is 0. The van der Waals surface area contributed by atoms with Gasteiger partial charge in [0.2, 0.25) is 0 Å². The molecule has 0 aromatic carbocycles. The normalized spacial score (nSPS) is 16.5. The third-order valence-electron chi connectivity index (χ3n) is 3.55. The van der Waals surface area contributed by atoms with Gasteiger partial charge in [0, 0.05) is 0 Å². The molecule has 2 aliphatic carbocycles. The Hall–Kier alpha value is 0.124. The van der Waals surface area contributed by atoms with Gasteiger partial charge in [0.25, 0.3) is 0 Å². The van der Waals surface area contributed by atoms with Crippen molar-refractivity contribution in [2.75, 3.05) is 0 Å². The molecular weight excluding hydrogens is 299 g/mol. The van der Waals surface area contributed by atoms with Gasteiger partial charge in [-0.3, -0.25) is 0 Å². The Morgan fingerprint density at radius 1 is 0.944 bits per heavy atom. The quantitative estimate of drug-likeness (QED) is 0.542. The number of hydrogen-bond acceptors (Lipinski definition) is 0. The van der Waals surface area contributed by atoms with Crippen molar-refractivity contribution >= 4 is 4.82 Å². The third-order valence-corrected chi connectivity index (χ3v) is 7.46. The molecule has 0 N–H and O–H groups in total. The van der Waals surface area contributed by atoms with E-state index < -0.39 is 17.4 Å². The predicted octanol–water partition coefficient (Wildman–Crippen LogP) is -1.71. The fourth-order valence-electron chi connectivity index (χ4n) is 2.58. The van der Waals surface area contributed by atoms with Crippen molar-refractivity contribution in [1.29, 1.82) is 0 Å². The molecule has 0 bridgehead atoms. The molecule has 0 saturated carbocycles. The Morgan fingerprint density at radius 2 is 1.33 bits per heavy atom. The molecule has 0 heterocycles. The molecule has 98 valence electrons. The van der Waals surface area contributed by atoms with E-state index in [4.69, 9.17) is 0 Å². The first-order valence-corrected chi connectivity index (χ1v) is 8.91. The molecule has 18 heavy (non-hydrogen) atoms. The first-order chi connectivity index (χ1) is 7.77. The van der Waals surface area contributed by atoms with Crippen molar-refractivity contribution in [2.45, 2.75) is 39.5 Å². The Bertz CT molecular complexity index is 399. The molecule has 0 fully saturated rings. The van der Waals surface area contributed by atoms with Gasteiger partial charge >= 0.3 is 105 Å². The van der Waals surface area contributed by atoms with Gasteiger partial charge in [-0.05, 0) is 0 Å². The van der Waals surface area contributed by atoms with Gasteiger partial charge in [-0.15, -0.1) is 0 Å². The molecule has 0 radical (unpaired) electrons. The number of allylic oxidation sites excluding steroid dienone is 8. The molecule has 0 atom stereocenters. The first-order valence-electron chi connectivity index (χ1n) is 6.24. The topological polar surface area (TPSA) is 0 Å². The van der Waals surface area contributed by atoms with Gasteiger partial charge in [0.1, 0.15) is 0 Å². The summed E-state index contributed by atoms with van der Waals surface area (Å²) in [6, 6.07) is 0. The number of halogens is 2. The van der Waals surface area contributed by atoms with E-state index in [1.165, 1.54) is 25.7 Å². The smallest absolute Gasteiger partial charge is 1.00 e. The van der Waals surface area contributed by atoms with E-state index in [-0.39, 0.29) is 24.8 Å². The summed E-state index contributed by atoms with van der Waals surface area (Å²) >= 11 is -1.37. The van der Waals surface area contributed by atoms with Crippen LogP contribution in [-0.4, -0.2) is 4.82 Å². The Kier molecular flexibility index (Phi) is 8.38. The fraction of sp³-hybridized carbons (Fsp3) is 0.400. The van der Waals surface area contributed by atoms with E-state index in [9.17, 15) is 0 Å². The molecule has 0 aromatic rings. The second-order valence-electron chi connectivity index (χ2n) is 4.41. The monoisotopic (exact) mass is 318 g/mol. The summed E-state index contributed by atoms with van der Waals surface area (Å²) < 4.78 is 3.43. The van der Waals surface area contributed by atoms with Gasteiger partial charge < -0.3 is 24.8 Å². The molecule has 0 saturated heterocycles. The van der Waals surface area contributed by atoms with Crippen LogP contribution in [0.4, 0.5) is 0 Å². The third kappa shape index (κ3) is 3.57. The summed E-state index contributed by atoms with van der Waals surface area (Å²) in [7, 11) is 0. The minimum absolute atomic E-state index is 0. The van der Waals surface area contributed by atoms with Crippen molar-refractivity contribution in [1.82, 2.24) is 0 Å². The van der Waals surface area contributed by atoms with Crippen molar-refractivity contribution in [2.24, 2.45) is 0 Å². The first kappa shape index (κ1) is 18.1. The average Bonchev–Trinajstić information content (AvgIpc) is 2.96. The molecule has 0 aromatic heterocycles. The van der Waals surface area contributed by atoms with Crippen molar-refractivity contribution in [3.8, 4) is 0 Å². The van der Waals surface area contributed by atoms with E-state index in [1.54, 1.807) is 18.9 Å². The van der Waals surface area contributed by atoms with Crippen LogP contribution in [0.3, 0.4) is 0 Å². The average molecular weight is 319 g/mol. The number of hydrogen-bond donors (Lipinski definition) is 0. The zero-order valence-corrected chi connectivity index (χ0v) is 14.2. The summed E-state index contributed by atoms with van der Waals surface area (Å²) in [6.07, 6.45) is 14.0. The van der Waals surface area contributed by atoms with Gasteiger partial charge in [0.05, 0.1) is 0 Å². The van der Waals surface area contributed by atoms with Crippen molar-refractivity contribution in [3.05, 3.63) is 43.2 Å². The maximum Gasteiger partial charge on any atom is -1.00 e. The summed E-state index contributed by atoms with van der Waals surface area (Å²) in [6.45, 7) is 4.53. The Balaban J connectivity index is 0.00000144. The van der Waals surface area contributed by atoms with Crippen LogP contribution >= 0.6 is 0 Å². The molecule has 3 heteroatoms. The van der Waals surface area contributed by atoms with Crippen LogP contribution in [0.1, 0.15) is 39.5 Å². The van der Waals surface area contributed by atoms with E-state index in [0.717, 1.165) is 0 Å². The second-order valence-corrected chi connectivity index (χ2v) is 7.79. The Labute approximate surface area is 129 Å². The zero-order valence-electron chi connectivity index (χ0n) is 11.1. The van der Waals surface area contributed by atoms with Crippen LogP contribution in [0.15, 0.2) is 43.2 Å².